The lowest BCUT2D eigenvalue weighted by molar-refractivity contribution is 0.556. The van der Waals surface area contributed by atoms with Crippen LogP contribution in [0.25, 0.3) is 33.4 Å². The van der Waals surface area contributed by atoms with Crippen LogP contribution in [0.2, 0.25) is 20.1 Å². The van der Waals surface area contributed by atoms with Crippen LogP contribution in [0.3, 0.4) is 0 Å². The van der Waals surface area contributed by atoms with E-state index >= 15 is 0 Å². The molecule has 0 N–H and O–H groups in total. The van der Waals surface area contributed by atoms with Crippen LogP contribution < -0.4 is 0 Å². The molecular weight excluding hydrogens is 890 g/mol. The number of benzene rings is 6. The zero-order valence-electron chi connectivity index (χ0n) is 31.2. The minimum Gasteiger partial charge on any atom is -0.0843 e. The largest absolute Gasteiger partial charge is 0.0843 e. The van der Waals surface area contributed by atoms with Crippen LogP contribution in [0.15, 0.2) is 130 Å². The van der Waals surface area contributed by atoms with Crippen LogP contribution in [0, 0.1) is 0 Å². The minimum atomic E-state index is -0.244. The van der Waals surface area contributed by atoms with E-state index < -0.39 is 0 Å². The van der Waals surface area contributed by atoms with Gasteiger partial charge < -0.3 is 0 Å². The highest BCUT2D eigenvalue weighted by atomic mass is 79.9. The van der Waals surface area contributed by atoms with Gasteiger partial charge in [-0.05, 0) is 111 Å². The topological polar surface area (TPSA) is 0 Å². The van der Waals surface area contributed by atoms with Crippen molar-refractivity contribution in [2.24, 2.45) is 0 Å². The molecule has 0 radical (unpaired) electrons. The number of aryl methyl sites for hydroxylation is 1. The Bertz CT molecular complexity index is 2180. The molecule has 284 valence electrons. The summed E-state index contributed by atoms with van der Waals surface area (Å²) in [5.74, 6) is -0.244. The SMILES string of the molecule is CCCCCCCCCCCCc1cc(C(c2ccc(Cl)cc2Cl)c2ccccc2Br)c(-c2ccc(Br)cc2)c(-c2ccccc2Cl)c1-c1ccc(Cl)cc1. The van der Waals surface area contributed by atoms with Gasteiger partial charge in [0, 0.05) is 40.5 Å². The number of hydrogen-bond donors (Lipinski definition) is 0. The van der Waals surface area contributed by atoms with E-state index in [1.807, 2.05) is 36.4 Å². The first-order chi connectivity index (χ1) is 26.8. The van der Waals surface area contributed by atoms with Gasteiger partial charge in [-0.1, -0.05) is 216 Å². The van der Waals surface area contributed by atoms with Crippen molar-refractivity contribution >= 4 is 78.3 Å². The normalized spacial score (nSPS) is 11.9. The molecule has 0 aliphatic heterocycles. The summed E-state index contributed by atoms with van der Waals surface area (Å²) >= 11 is 35.2. The average Bonchev–Trinajstić information content (AvgIpc) is 3.18. The lowest BCUT2D eigenvalue weighted by Crippen LogP contribution is -2.10. The van der Waals surface area contributed by atoms with Crippen LogP contribution in [0.5, 0.6) is 0 Å². The van der Waals surface area contributed by atoms with Gasteiger partial charge >= 0.3 is 0 Å². The molecule has 55 heavy (non-hydrogen) atoms. The summed E-state index contributed by atoms with van der Waals surface area (Å²) in [7, 11) is 0. The van der Waals surface area contributed by atoms with Crippen molar-refractivity contribution < 1.29 is 0 Å². The zero-order valence-corrected chi connectivity index (χ0v) is 37.4. The van der Waals surface area contributed by atoms with Gasteiger partial charge in [0.1, 0.15) is 0 Å². The summed E-state index contributed by atoms with van der Waals surface area (Å²) in [5, 5.41) is 2.62. The standard InChI is InChI=1S/C49H46Br2Cl4/c1-2-3-4-5-6-7-8-9-10-11-16-35-31-42(48(39-17-12-14-19-43(39)51)41-30-29-38(53)32-45(41)55)47(34-21-25-36(50)26-22-34)49(40-18-13-15-20-44(40)54)46(35)33-23-27-37(52)28-24-33/h12-15,17-32,48H,2-11,16H2,1H3. The third-order valence-electron chi connectivity index (χ3n) is 10.4. The molecule has 0 amide bonds. The van der Waals surface area contributed by atoms with Crippen molar-refractivity contribution in [2.75, 3.05) is 0 Å². The second-order valence-electron chi connectivity index (χ2n) is 14.3. The van der Waals surface area contributed by atoms with E-state index in [4.69, 9.17) is 46.4 Å². The quantitative estimate of drug-likeness (QED) is 0.0631. The fourth-order valence-corrected chi connectivity index (χ4v) is 9.40. The second-order valence-corrected chi connectivity index (χ2v) is 17.8. The van der Waals surface area contributed by atoms with Crippen molar-refractivity contribution in [3.05, 3.63) is 173 Å². The third-order valence-corrected chi connectivity index (χ3v) is 12.8. The molecule has 1 unspecified atom stereocenters. The predicted molar refractivity (Wildman–Crippen MR) is 248 cm³/mol. The van der Waals surface area contributed by atoms with Crippen molar-refractivity contribution in [2.45, 2.75) is 83.5 Å². The third kappa shape index (κ3) is 10.7. The van der Waals surface area contributed by atoms with E-state index in [-0.39, 0.29) is 5.92 Å². The van der Waals surface area contributed by atoms with E-state index in [1.54, 1.807) is 0 Å². The first kappa shape index (κ1) is 42.1. The van der Waals surface area contributed by atoms with Crippen molar-refractivity contribution in [3.63, 3.8) is 0 Å². The van der Waals surface area contributed by atoms with Gasteiger partial charge in [-0.3, -0.25) is 0 Å². The van der Waals surface area contributed by atoms with Crippen LogP contribution >= 0.6 is 78.3 Å². The fourth-order valence-electron chi connectivity index (χ4n) is 7.74. The van der Waals surface area contributed by atoms with Gasteiger partial charge in [-0.2, -0.15) is 0 Å². The number of hydrogen-bond acceptors (Lipinski definition) is 0. The average molecular weight is 937 g/mol. The highest BCUT2D eigenvalue weighted by molar-refractivity contribution is 9.10. The summed E-state index contributed by atoms with van der Waals surface area (Å²) < 4.78 is 2.01. The number of rotatable bonds is 17. The van der Waals surface area contributed by atoms with E-state index in [2.05, 4.69) is 124 Å². The Hall–Kier alpha value is -2.56. The Balaban J connectivity index is 1.62. The molecule has 6 heteroatoms. The molecule has 0 heterocycles. The minimum absolute atomic E-state index is 0.244. The molecule has 0 spiro atoms. The van der Waals surface area contributed by atoms with Crippen molar-refractivity contribution in [3.8, 4) is 33.4 Å². The molecule has 1 atom stereocenters. The molecular formula is C49H46Br2Cl4. The maximum atomic E-state index is 7.26. The molecule has 0 saturated heterocycles. The smallest absolute Gasteiger partial charge is 0.0484 e. The summed E-state index contributed by atoms with van der Waals surface area (Å²) in [6.07, 6.45) is 13.7. The van der Waals surface area contributed by atoms with Gasteiger partial charge in [0.15, 0.2) is 0 Å². The van der Waals surface area contributed by atoms with E-state index in [0.717, 1.165) is 66.3 Å². The van der Waals surface area contributed by atoms with Gasteiger partial charge in [-0.15, -0.1) is 0 Å². The lowest BCUT2D eigenvalue weighted by Gasteiger charge is -2.30. The summed E-state index contributed by atoms with van der Waals surface area (Å²) in [6.45, 7) is 2.28. The van der Waals surface area contributed by atoms with Gasteiger partial charge in [0.2, 0.25) is 0 Å². The van der Waals surface area contributed by atoms with Gasteiger partial charge in [0.25, 0.3) is 0 Å². The summed E-state index contributed by atoms with van der Waals surface area (Å²) in [6, 6.07) is 41.8. The molecule has 0 bridgehead atoms. The highest BCUT2D eigenvalue weighted by Crippen LogP contribution is 2.52. The summed E-state index contributed by atoms with van der Waals surface area (Å²) in [5.41, 5.74) is 11.0. The molecule has 6 aromatic rings. The van der Waals surface area contributed by atoms with Crippen LogP contribution in [0.1, 0.15) is 99.3 Å². The first-order valence-electron chi connectivity index (χ1n) is 19.4. The van der Waals surface area contributed by atoms with Gasteiger partial charge in [0.05, 0.1) is 0 Å². The Kier molecular flexibility index (Phi) is 15.9. The van der Waals surface area contributed by atoms with E-state index in [9.17, 15) is 0 Å². The maximum absolute atomic E-state index is 7.26. The van der Waals surface area contributed by atoms with Crippen molar-refractivity contribution in [1.82, 2.24) is 0 Å². The highest BCUT2D eigenvalue weighted by Gasteiger charge is 2.30. The fraction of sp³-hybridized carbons (Fsp3) is 0.265. The molecule has 6 rings (SSSR count). The van der Waals surface area contributed by atoms with Crippen LogP contribution in [0.4, 0.5) is 0 Å². The summed E-state index contributed by atoms with van der Waals surface area (Å²) in [4.78, 5) is 0. The van der Waals surface area contributed by atoms with E-state index in [1.165, 1.54) is 68.9 Å². The Morgan fingerprint density at radius 1 is 0.473 bits per heavy atom. The predicted octanol–water partition coefficient (Wildman–Crippen LogP) is 18.5. The molecule has 0 aliphatic rings. The molecule has 0 aromatic heterocycles. The van der Waals surface area contributed by atoms with Gasteiger partial charge in [-0.25, -0.2) is 0 Å². The molecule has 6 aromatic carbocycles. The molecule has 0 nitrogen and oxygen atoms in total. The van der Waals surface area contributed by atoms with Crippen LogP contribution in [-0.2, 0) is 6.42 Å². The zero-order chi connectivity index (χ0) is 38.7. The molecule has 0 saturated carbocycles. The lowest BCUT2D eigenvalue weighted by atomic mass is 9.74. The Morgan fingerprint density at radius 3 is 1.71 bits per heavy atom. The molecule has 0 fully saturated rings. The number of unbranched alkanes of at least 4 members (excludes halogenated alkanes) is 9. The first-order valence-corrected chi connectivity index (χ1v) is 22.5. The Morgan fingerprint density at radius 2 is 1.05 bits per heavy atom. The van der Waals surface area contributed by atoms with Crippen molar-refractivity contribution in [1.29, 1.82) is 0 Å². The second kappa shape index (κ2) is 20.7. The monoisotopic (exact) mass is 932 g/mol. The van der Waals surface area contributed by atoms with Crippen LogP contribution in [-0.4, -0.2) is 0 Å². The van der Waals surface area contributed by atoms with E-state index in [0.29, 0.717) is 20.1 Å². The molecule has 0 aliphatic carbocycles. The Labute approximate surface area is 364 Å². The number of halogens is 6. The maximum Gasteiger partial charge on any atom is 0.0484 e.